The zero-order valence-electron chi connectivity index (χ0n) is 6.08. The molecule has 0 aliphatic carbocycles. The van der Waals surface area contributed by atoms with Crippen LogP contribution in [0.3, 0.4) is 0 Å². The van der Waals surface area contributed by atoms with Gasteiger partial charge in [0.15, 0.2) is 5.15 Å². The quantitative estimate of drug-likeness (QED) is 0.587. The van der Waals surface area contributed by atoms with Crippen molar-refractivity contribution in [2.24, 2.45) is 0 Å². The summed E-state index contributed by atoms with van der Waals surface area (Å²) in [5, 5.41) is 0.564. The van der Waals surface area contributed by atoms with Crippen molar-refractivity contribution in [3.05, 3.63) is 35.4 Å². The van der Waals surface area contributed by atoms with Crippen LogP contribution in [0.2, 0.25) is 5.15 Å². The fraction of sp³-hybridized carbons (Fsp3) is 0.125. The number of imidazole rings is 1. The van der Waals surface area contributed by atoms with Crippen molar-refractivity contribution in [2.75, 3.05) is 0 Å². The number of nitrogens with zero attached hydrogens (tertiary/aromatic N) is 2. The second-order valence-electron chi connectivity index (χ2n) is 2.53. The third-order valence-electron chi connectivity index (χ3n) is 1.65. The number of hydrogen-bond donors (Lipinski definition) is 0. The van der Waals surface area contributed by atoms with Gasteiger partial charge in [-0.15, -0.1) is 0 Å². The topological polar surface area (TPSA) is 17.3 Å². The highest BCUT2D eigenvalue weighted by atomic mass is 35.5. The Morgan fingerprint density at radius 3 is 3.18 bits per heavy atom. The minimum absolute atomic E-state index is 0.564. The van der Waals surface area contributed by atoms with Crippen molar-refractivity contribution in [1.82, 2.24) is 9.38 Å². The van der Waals surface area contributed by atoms with E-state index < -0.39 is 0 Å². The van der Waals surface area contributed by atoms with Gasteiger partial charge in [0.05, 0.1) is 5.52 Å². The van der Waals surface area contributed by atoms with Crippen molar-refractivity contribution in [3.63, 3.8) is 0 Å². The second kappa shape index (κ2) is 2.24. The van der Waals surface area contributed by atoms with Crippen molar-refractivity contribution in [1.29, 1.82) is 0 Å². The first kappa shape index (κ1) is 6.68. The molecule has 2 aromatic heterocycles. The van der Waals surface area contributed by atoms with Crippen molar-refractivity contribution in [2.45, 2.75) is 6.92 Å². The van der Waals surface area contributed by atoms with Crippen LogP contribution in [0.1, 0.15) is 5.56 Å². The third kappa shape index (κ3) is 0.994. The lowest BCUT2D eigenvalue weighted by Crippen LogP contribution is -1.81. The maximum Gasteiger partial charge on any atom is 0.154 e. The van der Waals surface area contributed by atoms with Crippen molar-refractivity contribution < 1.29 is 0 Å². The molecule has 3 heteroatoms. The second-order valence-corrected chi connectivity index (χ2v) is 2.89. The fourth-order valence-electron chi connectivity index (χ4n) is 1.06. The van der Waals surface area contributed by atoms with E-state index in [0.29, 0.717) is 5.15 Å². The molecule has 0 aliphatic rings. The number of aryl methyl sites for hydroxylation is 1. The van der Waals surface area contributed by atoms with Gasteiger partial charge in [-0.2, -0.15) is 0 Å². The Morgan fingerprint density at radius 2 is 2.36 bits per heavy atom. The van der Waals surface area contributed by atoms with Gasteiger partial charge in [-0.25, -0.2) is 4.98 Å². The van der Waals surface area contributed by atoms with E-state index in [-0.39, 0.29) is 0 Å². The standard InChI is InChI=1S/C8H7ClN2/c1-6-2-3-11-5-10-8(9)7(11)4-6/h2-5H,1H3. The molecule has 0 saturated carbocycles. The van der Waals surface area contributed by atoms with E-state index in [1.54, 1.807) is 6.33 Å². The zero-order chi connectivity index (χ0) is 7.84. The van der Waals surface area contributed by atoms with Gasteiger partial charge in [0.1, 0.15) is 6.33 Å². The van der Waals surface area contributed by atoms with Crippen LogP contribution < -0.4 is 0 Å². The lowest BCUT2D eigenvalue weighted by molar-refractivity contribution is 1.14. The smallest absolute Gasteiger partial charge is 0.154 e. The van der Waals surface area contributed by atoms with Crippen LogP contribution in [-0.4, -0.2) is 9.38 Å². The van der Waals surface area contributed by atoms with Gasteiger partial charge in [-0.3, -0.25) is 0 Å². The molecule has 2 aromatic rings. The summed E-state index contributed by atoms with van der Waals surface area (Å²) in [5.41, 5.74) is 2.16. The van der Waals surface area contributed by atoms with Crippen LogP contribution in [0.25, 0.3) is 5.52 Å². The summed E-state index contributed by atoms with van der Waals surface area (Å²) in [5.74, 6) is 0. The van der Waals surface area contributed by atoms with Gasteiger partial charge in [-0.05, 0) is 24.6 Å². The highest BCUT2D eigenvalue weighted by molar-refractivity contribution is 6.32. The highest BCUT2D eigenvalue weighted by Crippen LogP contribution is 2.15. The Kier molecular flexibility index (Phi) is 1.36. The Morgan fingerprint density at radius 1 is 1.55 bits per heavy atom. The molecule has 0 spiro atoms. The maximum absolute atomic E-state index is 5.81. The summed E-state index contributed by atoms with van der Waals surface area (Å²) in [6.45, 7) is 2.03. The molecule has 0 amide bonds. The van der Waals surface area contributed by atoms with Crippen LogP contribution in [0.5, 0.6) is 0 Å². The first-order valence-electron chi connectivity index (χ1n) is 3.36. The number of halogens is 1. The summed E-state index contributed by atoms with van der Waals surface area (Å²) < 4.78 is 1.90. The molecule has 0 N–H and O–H groups in total. The first-order chi connectivity index (χ1) is 5.27. The molecule has 2 nitrogen and oxygen atoms in total. The Hall–Kier alpha value is -1.02. The molecule has 2 rings (SSSR count). The SMILES string of the molecule is Cc1ccn2cnc(Cl)c2c1. The van der Waals surface area contributed by atoms with Gasteiger partial charge in [0.25, 0.3) is 0 Å². The van der Waals surface area contributed by atoms with Gasteiger partial charge in [0.2, 0.25) is 0 Å². The monoisotopic (exact) mass is 166 g/mol. The van der Waals surface area contributed by atoms with E-state index in [0.717, 1.165) is 5.52 Å². The molecule has 0 aliphatic heterocycles. The molecule has 0 fully saturated rings. The van der Waals surface area contributed by atoms with E-state index in [9.17, 15) is 0 Å². The minimum Gasteiger partial charge on any atom is -0.305 e. The van der Waals surface area contributed by atoms with E-state index in [4.69, 9.17) is 11.6 Å². The number of aromatic nitrogens is 2. The number of rotatable bonds is 0. The molecule has 0 saturated heterocycles. The van der Waals surface area contributed by atoms with Gasteiger partial charge in [0, 0.05) is 6.20 Å². The average Bonchev–Trinajstić information content (AvgIpc) is 2.33. The predicted octanol–water partition coefficient (Wildman–Crippen LogP) is 2.30. The number of fused-ring (bicyclic) bond motifs is 1. The lowest BCUT2D eigenvalue weighted by atomic mass is 10.3. The molecule has 0 aromatic carbocycles. The molecule has 11 heavy (non-hydrogen) atoms. The molecular formula is C8H7ClN2. The summed E-state index contributed by atoms with van der Waals surface area (Å²) in [6.07, 6.45) is 3.65. The van der Waals surface area contributed by atoms with Crippen molar-refractivity contribution >= 4 is 17.1 Å². The Labute approximate surface area is 69.4 Å². The molecule has 0 unspecified atom stereocenters. The van der Waals surface area contributed by atoms with Crippen LogP contribution in [0.15, 0.2) is 24.7 Å². The van der Waals surface area contributed by atoms with Crippen molar-refractivity contribution in [3.8, 4) is 0 Å². The van der Waals surface area contributed by atoms with E-state index in [1.165, 1.54) is 5.56 Å². The van der Waals surface area contributed by atoms with E-state index in [2.05, 4.69) is 4.98 Å². The third-order valence-corrected chi connectivity index (χ3v) is 1.94. The summed E-state index contributed by atoms with van der Waals surface area (Å²) >= 11 is 5.81. The first-order valence-corrected chi connectivity index (χ1v) is 3.74. The molecule has 56 valence electrons. The largest absolute Gasteiger partial charge is 0.305 e. The zero-order valence-corrected chi connectivity index (χ0v) is 6.84. The highest BCUT2D eigenvalue weighted by Gasteiger charge is 1.99. The van der Waals surface area contributed by atoms with E-state index in [1.807, 2.05) is 29.7 Å². The molecule has 2 heterocycles. The summed E-state index contributed by atoms with van der Waals surface area (Å²) in [7, 11) is 0. The maximum atomic E-state index is 5.81. The molecular weight excluding hydrogens is 160 g/mol. The fourth-order valence-corrected chi connectivity index (χ4v) is 1.26. The van der Waals surface area contributed by atoms with Gasteiger partial charge < -0.3 is 4.40 Å². The lowest BCUT2D eigenvalue weighted by Gasteiger charge is -1.94. The number of pyridine rings is 1. The summed E-state index contributed by atoms with van der Waals surface area (Å²) in [6, 6.07) is 4.03. The van der Waals surface area contributed by atoms with Gasteiger partial charge in [-0.1, -0.05) is 11.6 Å². The van der Waals surface area contributed by atoms with Crippen LogP contribution in [0, 0.1) is 6.92 Å². The predicted molar refractivity (Wildman–Crippen MR) is 44.9 cm³/mol. The molecule has 0 bridgehead atoms. The van der Waals surface area contributed by atoms with Gasteiger partial charge >= 0.3 is 0 Å². The number of hydrogen-bond acceptors (Lipinski definition) is 1. The normalized spacial score (nSPS) is 10.7. The minimum atomic E-state index is 0.564. The molecule has 0 radical (unpaired) electrons. The van der Waals surface area contributed by atoms with Crippen LogP contribution >= 0.6 is 11.6 Å². The Bertz CT molecular complexity index is 392. The molecule has 0 atom stereocenters. The average molecular weight is 167 g/mol. The van der Waals surface area contributed by atoms with Crippen LogP contribution in [-0.2, 0) is 0 Å². The van der Waals surface area contributed by atoms with Crippen LogP contribution in [0.4, 0.5) is 0 Å². The van der Waals surface area contributed by atoms with E-state index >= 15 is 0 Å². The Balaban J connectivity index is 2.87. The summed E-state index contributed by atoms with van der Waals surface area (Å²) in [4.78, 5) is 3.97.